The SMILES string of the molecule is O=c1ccc(-c2ccc(S(=O)(=O)NCc3ccc(CN4CCCCCC4)o3)s2)n[nH]1. The Morgan fingerprint density at radius 3 is 2.53 bits per heavy atom. The molecule has 10 heteroatoms. The van der Waals surface area contributed by atoms with Crippen LogP contribution in [0.2, 0.25) is 0 Å². The monoisotopic (exact) mass is 448 g/mol. The third-order valence-corrected chi connectivity index (χ3v) is 8.01. The van der Waals surface area contributed by atoms with Gasteiger partial charge in [0.15, 0.2) is 0 Å². The fourth-order valence-electron chi connectivity index (χ4n) is 3.44. The lowest BCUT2D eigenvalue weighted by Gasteiger charge is -2.17. The molecule has 4 heterocycles. The van der Waals surface area contributed by atoms with Crippen LogP contribution in [0.15, 0.2) is 49.8 Å². The second-order valence-corrected chi connectivity index (χ2v) is 10.4. The van der Waals surface area contributed by atoms with Crippen molar-refractivity contribution in [1.29, 1.82) is 0 Å². The lowest BCUT2D eigenvalue weighted by atomic mass is 10.2. The Morgan fingerprint density at radius 2 is 1.80 bits per heavy atom. The highest BCUT2D eigenvalue weighted by atomic mass is 32.2. The molecule has 3 aromatic heterocycles. The second kappa shape index (κ2) is 9.25. The van der Waals surface area contributed by atoms with Gasteiger partial charge in [0.25, 0.3) is 5.56 Å². The second-order valence-electron chi connectivity index (χ2n) is 7.31. The molecule has 1 fully saturated rings. The summed E-state index contributed by atoms with van der Waals surface area (Å²) in [6, 6.07) is 9.85. The Bertz CT molecular complexity index is 1120. The molecule has 0 spiro atoms. The molecule has 0 radical (unpaired) electrons. The van der Waals surface area contributed by atoms with Crippen molar-refractivity contribution in [2.24, 2.45) is 0 Å². The van der Waals surface area contributed by atoms with E-state index in [0.29, 0.717) is 16.3 Å². The first-order chi connectivity index (χ1) is 14.5. The van der Waals surface area contributed by atoms with Crippen molar-refractivity contribution in [3.8, 4) is 10.6 Å². The summed E-state index contributed by atoms with van der Waals surface area (Å²) in [5.41, 5.74) is 0.212. The van der Waals surface area contributed by atoms with E-state index in [1.165, 1.54) is 37.8 Å². The summed E-state index contributed by atoms with van der Waals surface area (Å²) in [6.45, 7) is 3.00. The van der Waals surface area contributed by atoms with E-state index in [2.05, 4.69) is 19.8 Å². The standard InChI is InChI=1S/C20H24N4O4S2/c25-19-9-7-17(22-23-19)18-8-10-20(29-18)30(26,27)21-13-15-5-6-16(28-15)14-24-11-3-1-2-4-12-24/h5-10,21H,1-4,11-14H2,(H,23,25). The minimum absolute atomic E-state index is 0.0898. The maximum absolute atomic E-state index is 12.6. The molecule has 4 rings (SSSR count). The summed E-state index contributed by atoms with van der Waals surface area (Å²) in [6.07, 6.45) is 4.99. The molecule has 1 aliphatic heterocycles. The van der Waals surface area contributed by atoms with Crippen LogP contribution in [-0.4, -0.2) is 36.6 Å². The van der Waals surface area contributed by atoms with Crippen molar-refractivity contribution < 1.29 is 12.8 Å². The Morgan fingerprint density at radius 1 is 1.03 bits per heavy atom. The van der Waals surface area contributed by atoms with Crippen molar-refractivity contribution in [1.82, 2.24) is 19.8 Å². The first-order valence-electron chi connectivity index (χ1n) is 9.95. The normalized spacial score (nSPS) is 15.9. The predicted octanol–water partition coefficient (Wildman–Crippen LogP) is 2.95. The zero-order chi connectivity index (χ0) is 21.0. The minimum atomic E-state index is -3.68. The fraction of sp³-hybridized carbons (Fsp3) is 0.400. The van der Waals surface area contributed by atoms with E-state index in [1.807, 2.05) is 12.1 Å². The molecule has 0 aliphatic carbocycles. The molecule has 0 saturated carbocycles. The van der Waals surface area contributed by atoms with E-state index in [-0.39, 0.29) is 16.3 Å². The molecule has 0 unspecified atom stereocenters. The van der Waals surface area contributed by atoms with Gasteiger partial charge in [0.05, 0.1) is 18.0 Å². The van der Waals surface area contributed by atoms with Crippen LogP contribution in [0.1, 0.15) is 37.2 Å². The summed E-state index contributed by atoms with van der Waals surface area (Å²) < 4.78 is 33.9. The lowest BCUT2D eigenvalue weighted by molar-refractivity contribution is 0.250. The number of hydrogen-bond acceptors (Lipinski definition) is 7. The van der Waals surface area contributed by atoms with Gasteiger partial charge in [0.1, 0.15) is 21.4 Å². The summed E-state index contributed by atoms with van der Waals surface area (Å²) >= 11 is 1.09. The highest BCUT2D eigenvalue weighted by Gasteiger charge is 2.19. The molecular formula is C20H24N4O4S2. The Labute approximate surface area is 179 Å². The molecular weight excluding hydrogens is 424 g/mol. The van der Waals surface area contributed by atoms with E-state index in [0.717, 1.165) is 36.7 Å². The van der Waals surface area contributed by atoms with E-state index in [9.17, 15) is 13.2 Å². The molecule has 0 amide bonds. The summed E-state index contributed by atoms with van der Waals surface area (Å²) in [5, 5.41) is 6.28. The number of H-pyrrole nitrogens is 1. The maximum atomic E-state index is 12.6. The zero-order valence-electron chi connectivity index (χ0n) is 16.5. The number of sulfonamides is 1. The quantitative estimate of drug-likeness (QED) is 0.575. The van der Waals surface area contributed by atoms with Crippen LogP contribution < -0.4 is 10.3 Å². The zero-order valence-corrected chi connectivity index (χ0v) is 18.1. The van der Waals surface area contributed by atoms with E-state index in [4.69, 9.17) is 4.42 Å². The number of rotatable bonds is 7. The first-order valence-corrected chi connectivity index (χ1v) is 12.3. The number of hydrogen-bond donors (Lipinski definition) is 2. The van der Waals surface area contributed by atoms with Gasteiger partial charge in [-0.3, -0.25) is 9.69 Å². The van der Waals surface area contributed by atoms with E-state index >= 15 is 0 Å². The van der Waals surface area contributed by atoms with Crippen LogP contribution in [-0.2, 0) is 23.1 Å². The van der Waals surface area contributed by atoms with Crippen molar-refractivity contribution in [3.05, 3.63) is 58.3 Å². The van der Waals surface area contributed by atoms with E-state index < -0.39 is 10.0 Å². The van der Waals surface area contributed by atoms with Gasteiger partial charge in [-0.15, -0.1) is 11.3 Å². The molecule has 1 aliphatic rings. The average molecular weight is 449 g/mol. The van der Waals surface area contributed by atoms with Crippen LogP contribution in [0.5, 0.6) is 0 Å². The fourth-order valence-corrected chi connectivity index (χ4v) is 5.75. The topological polar surface area (TPSA) is 108 Å². The van der Waals surface area contributed by atoms with Crippen LogP contribution in [0.25, 0.3) is 10.6 Å². The largest absolute Gasteiger partial charge is 0.463 e. The molecule has 0 atom stereocenters. The Hall–Kier alpha value is -2.27. The molecule has 30 heavy (non-hydrogen) atoms. The van der Waals surface area contributed by atoms with Crippen LogP contribution in [0.3, 0.4) is 0 Å². The summed E-state index contributed by atoms with van der Waals surface area (Å²) in [4.78, 5) is 14.2. The Balaban J connectivity index is 1.37. The summed E-state index contributed by atoms with van der Waals surface area (Å²) in [7, 11) is -3.68. The Kier molecular flexibility index (Phi) is 6.47. The van der Waals surface area contributed by atoms with Crippen molar-refractivity contribution in [2.45, 2.75) is 43.0 Å². The smallest absolute Gasteiger partial charge is 0.264 e. The number of aromatic amines is 1. The minimum Gasteiger partial charge on any atom is -0.463 e. The third kappa shape index (κ3) is 5.25. The maximum Gasteiger partial charge on any atom is 0.264 e. The number of aromatic nitrogens is 2. The van der Waals surface area contributed by atoms with Crippen LogP contribution in [0, 0.1) is 0 Å². The van der Waals surface area contributed by atoms with Crippen LogP contribution in [0.4, 0.5) is 0 Å². The summed E-state index contributed by atoms with van der Waals surface area (Å²) in [5.74, 6) is 1.44. The van der Waals surface area contributed by atoms with Crippen molar-refractivity contribution >= 4 is 21.4 Å². The van der Waals surface area contributed by atoms with Gasteiger partial charge in [-0.1, -0.05) is 12.8 Å². The van der Waals surface area contributed by atoms with Gasteiger partial charge in [0.2, 0.25) is 10.0 Å². The molecule has 2 N–H and O–H groups in total. The van der Waals surface area contributed by atoms with Gasteiger partial charge in [-0.25, -0.2) is 18.2 Å². The number of thiophene rings is 1. The molecule has 8 nitrogen and oxygen atoms in total. The van der Waals surface area contributed by atoms with Gasteiger partial charge >= 0.3 is 0 Å². The van der Waals surface area contributed by atoms with Crippen molar-refractivity contribution in [3.63, 3.8) is 0 Å². The third-order valence-electron chi connectivity index (χ3n) is 5.01. The van der Waals surface area contributed by atoms with Gasteiger partial charge < -0.3 is 4.42 Å². The first kappa shape index (κ1) is 21.0. The van der Waals surface area contributed by atoms with Crippen LogP contribution >= 0.6 is 11.3 Å². The number of likely N-dealkylation sites (tertiary alicyclic amines) is 1. The number of nitrogens with zero attached hydrogens (tertiary/aromatic N) is 2. The molecule has 0 bridgehead atoms. The molecule has 1 saturated heterocycles. The van der Waals surface area contributed by atoms with Gasteiger partial charge in [0, 0.05) is 6.07 Å². The lowest BCUT2D eigenvalue weighted by Crippen LogP contribution is -2.23. The van der Waals surface area contributed by atoms with Crippen molar-refractivity contribution in [2.75, 3.05) is 13.1 Å². The van der Waals surface area contributed by atoms with E-state index in [1.54, 1.807) is 12.1 Å². The van der Waals surface area contributed by atoms with Gasteiger partial charge in [-0.2, -0.15) is 5.10 Å². The molecule has 3 aromatic rings. The highest BCUT2D eigenvalue weighted by molar-refractivity contribution is 7.91. The number of furan rings is 1. The van der Waals surface area contributed by atoms with Gasteiger partial charge in [-0.05, 0) is 56.3 Å². The predicted molar refractivity (Wildman–Crippen MR) is 115 cm³/mol. The highest BCUT2D eigenvalue weighted by Crippen LogP contribution is 2.29. The molecule has 0 aromatic carbocycles. The molecule has 160 valence electrons. The number of nitrogens with one attached hydrogen (secondary N) is 2. The average Bonchev–Trinajstić information content (AvgIpc) is 3.33.